The molecular formula is C14H24O4. The largest absolute Gasteiger partial charge is 0.481 e. The lowest BCUT2D eigenvalue weighted by atomic mass is 10.1. The average Bonchev–Trinajstić information content (AvgIpc) is 2.29. The van der Waals surface area contributed by atoms with E-state index in [0.29, 0.717) is 0 Å². The van der Waals surface area contributed by atoms with Gasteiger partial charge in [0.2, 0.25) is 0 Å². The molecule has 0 atom stereocenters. The predicted octanol–water partition coefficient (Wildman–Crippen LogP) is 3.61. The Morgan fingerprint density at radius 3 is 1.56 bits per heavy atom. The number of carbonyl (C=O) groups is 2. The lowest BCUT2D eigenvalue weighted by Crippen LogP contribution is -1.93. The standard InChI is InChI=1S/C14H24O4/c15-13(16)11-9-7-5-3-1-2-4-6-8-10-12-14(17)18/h1,3H,2,4-12H2,(H,15,16)(H,17,18). The van der Waals surface area contributed by atoms with Gasteiger partial charge >= 0.3 is 11.9 Å². The fourth-order valence-corrected chi connectivity index (χ4v) is 1.67. The molecule has 0 fully saturated rings. The van der Waals surface area contributed by atoms with Gasteiger partial charge in [-0.2, -0.15) is 0 Å². The van der Waals surface area contributed by atoms with Crippen molar-refractivity contribution in [3.8, 4) is 0 Å². The summed E-state index contributed by atoms with van der Waals surface area (Å²) in [4.78, 5) is 20.5. The Hall–Kier alpha value is -1.32. The van der Waals surface area contributed by atoms with Crippen LogP contribution in [0.2, 0.25) is 0 Å². The van der Waals surface area contributed by atoms with Crippen molar-refractivity contribution in [3.05, 3.63) is 12.2 Å². The molecule has 104 valence electrons. The molecule has 0 spiro atoms. The van der Waals surface area contributed by atoms with Crippen LogP contribution in [0.4, 0.5) is 0 Å². The summed E-state index contributed by atoms with van der Waals surface area (Å²) in [5.74, 6) is -1.43. The van der Waals surface area contributed by atoms with Crippen molar-refractivity contribution >= 4 is 11.9 Å². The van der Waals surface area contributed by atoms with Crippen LogP contribution in [-0.4, -0.2) is 22.2 Å². The van der Waals surface area contributed by atoms with Crippen molar-refractivity contribution in [2.75, 3.05) is 0 Å². The topological polar surface area (TPSA) is 74.6 Å². The first-order valence-corrected chi connectivity index (χ1v) is 6.71. The van der Waals surface area contributed by atoms with Crippen molar-refractivity contribution in [2.24, 2.45) is 0 Å². The zero-order valence-electron chi connectivity index (χ0n) is 10.9. The summed E-state index contributed by atoms with van der Waals surface area (Å²) in [7, 11) is 0. The minimum Gasteiger partial charge on any atom is -0.481 e. The number of aliphatic carboxylic acids is 2. The second-order valence-corrected chi connectivity index (χ2v) is 4.46. The minimum atomic E-state index is -0.722. The van der Waals surface area contributed by atoms with E-state index in [0.717, 1.165) is 51.4 Å². The molecule has 0 aliphatic carbocycles. The molecule has 0 aliphatic rings. The van der Waals surface area contributed by atoms with E-state index in [1.165, 1.54) is 0 Å². The molecule has 0 bridgehead atoms. The van der Waals surface area contributed by atoms with Crippen molar-refractivity contribution in [1.82, 2.24) is 0 Å². The van der Waals surface area contributed by atoms with Crippen LogP contribution >= 0.6 is 0 Å². The Morgan fingerprint density at radius 1 is 0.667 bits per heavy atom. The van der Waals surface area contributed by atoms with Gasteiger partial charge in [0.05, 0.1) is 0 Å². The third-order valence-electron chi connectivity index (χ3n) is 2.69. The monoisotopic (exact) mass is 256 g/mol. The van der Waals surface area contributed by atoms with E-state index in [9.17, 15) is 9.59 Å². The maximum Gasteiger partial charge on any atom is 0.303 e. The lowest BCUT2D eigenvalue weighted by Gasteiger charge is -1.97. The Bertz CT molecular complexity index is 259. The first-order chi connectivity index (χ1) is 8.63. The summed E-state index contributed by atoms with van der Waals surface area (Å²) in [6.07, 6.45) is 12.4. The number of hydrogen-bond acceptors (Lipinski definition) is 2. The summed E-state index contributed by atoms with van der Waals surface area (Å²) in [5.41, 5.74) is 0. The van der Waals surface area contributed by atoms with Crippen LogP contribution < -0.4 is 0 Å². The van der Waals surface area contributed by atoms with Crippen molar-refractivity contribution in [2.45, 2.75) is 64.2 Å². The second-order valence-electron chi connectivity index (χ2n) is 4.46. The summed E-state index contributed by atoms with van der Waals surface area (Å²) in [6, 6.07) is 0. The van der Waals surface area contributed by atoms with Crippen LogP contribution in [0.1, 0.15) is 64.2 Å². The number of allylic oxidation sites excluding steroid dienone is 2. The van der Waals surface area contributed by atoms with E-state index >= 15 is 0 Å². The molecule has 0 aromatic carbocycles. The van der Waals surface area contributed by atoms with Crippen LogP contribution in [0.5, 0.6) is 0 Å². The van der Waals surface area contributed by atoms with E-state index in [2.05, 4.69) is 12.2 Å². The van der Waals surface area contributed by atoms with Crippen LogP contribution in [0.3, 0.4) is 0 Å². The number of rotatable bonds is 12. The second kappa shape index (κ2) is 12.1. The normalized spacial score (nSPS) is 10.9. The summed E-state index contributed by atoms with van der Waals surface area (Å²) >= 11 is 0. The van der Waals surface area contributed by atoms with Gasteiger partial charge in [-0.05, 0) is 38.5 Å². The Balaban J connectivity index is 3.13. The van der Waals surface area contributed by atoms with Gasteiger partial charge in [-0.1, -0.05) is 25.0 Å². The number of hydrogen-bond donors (Lipinski definition) is 2. The van der Waals surface area contributed by atoms with Crippen LogP contribution in [-0.2, 0) is 9.59 Å². The van der Waals surface area contributed by atoms with Crippen LogP contribution in [0.25, 0.3) is 0 Å². The van der Waals surface area contributed by atoms with Gasteiger partial charge in [-0.15, -0.1) is 0 Å². The minimum absolute atomic E-state index is 0.261. The average molecular weight is 256 g/mol. The molecule has 0 saturated heterocycles. The van der Waals surface area contributed by atoms with Crippen molar-refractivity contribution in [1.29, 1.82) is 0 Å². The summed E-state index contributed by atoms with van der Waals surface area (Å²) in [5, 5.41) is 16.9. The highest BCUT2D eigenvalue weighted by Crippen LogP contribution is 2.07. The Kier molecular flexibility index (Phi) is 11.3. The molecule has 0 saturated carbocycles. The molecule has 0 radical (unpaired) electrons. The predicted molar refractivity (Wildman–Crippen MR) is 70.6 cm³/mol. The van der Waals surface area contributed by atoms with Crippen LogP contribution in [0, 0.1) is 0 Å². The maximum atomic E-state index is 10.3. The van der Waals surface area contributed by atoms with Gasteiger partial charge in [-0.25, -0.2) is 0 Å². The highest BCUT2D eigenvalue weighted by molar-refractivity contribution is 5.66. The highest BCUT2D eigenvalue weighted by Gasteiger charge is 1.96. The molecule has 4 nitrogen and oxygen atoms in total. The van der Waals surface area contributed by atoms with Gasteiger partial charge in [-0.3, -0.25) is 9.59 Å². The fourth-order valence-electron chi connectivity index (χ4n) is 1.67. The van der Waals surface area contributed by atoms with Gasteiger partial charge in [0.1, 0.15) is 0 Å². The van der Waals surface area contributed by atoms with Gasteiger partial charge in [0.25, 0.3) is 0 Å². The van der Waals surface area contributed by atoms with E-state index in [1.807, 2.05) is 0 Å². The molecular weight excluding hydrogens is 232 g/mol. The lowest BCUT2D eigenvalue weighted by molar-refractivity contribution is -0.138. The van der Waals surface area contributed by atoms with E-state index in [1.54, 1.807) is 0 Å². The number of carboxylic acids is 2. The molecule has 0 heterocycles. The SMILES string of the molecule is O=C(O)CCCCC=CCCCCCCC(=O)O. The number of carboxylic acid groups (broad SMARTS) is 2. The molecule has 4 heteroatoms. The summed E-state index contributed by atoms with van der Waals surface area (Å²) < 4.78 is 0. The molecule has 0 aliphatic heterocycles. The zero-order chi connectivity index (χ0) is 13.6. The van der Waals surface area contributed by atoms with E-state index in [-0.39, 0.29) is 12.8 Å². The third kappa shape index (κ3) is 14.7. The molecule has 0 aromatic rings. The molecule has 18 heavy (non-hydrogen) atoms. The maximum absolute atomic E-state index is 10.3. The Morgan fingerprint density at radius 2 is 1.06 bits per heavy atom. The number of unbranched alkanes of at least 4 members (excludes halogenated alkanes) is 6. The first-order valence-electron chi connectivity index (χ1n) is 6.71. The molecule has 0 rings (SSSR count). The van der Waals surface area contributed by atoms with Crippen molar-refractivity contribution < 1.29 is 19.8 Å². The highest BCUT2D eigenvalue weighted by atomic mass is 16.4. The molecule has 0 amide bonds. The summed E-state index contributed by atoms with van der Waals surface area (Å²) in [6.45, 7) is 0. The quantitative estimate of drug-likeness (QED) is 0.413. The van der Waals surface area contributed by atoms with Gasteiger partial charge in [0, 0.05) is 12.8 Å². The fraction of sp³-hybridized carbons (Fsp3) is 0.714. The third-order valence-corrected chi connectivity index (χ3v) is 2.69. The molecule has 2 N–H and O–H groups in total. The van der Waals surface area contributed by atoms with Crippen LogP contribution in [0.15, 0.2) is 12.2 Å². The molecule has 0 aromatic heterocycles. The van der Waals surface area contributed by atoms with E-state index in [4.69, 9.17) is 10.2 Å². The zero-order valence-corrected chi connectivity index (χ0v) is 10.9. The Labute approximate surface area is 109 Å². The van der Waals surface area contributed by atoms with Crippen molar-refractivity contribution in [3.63, 3.8) is 0 Å². The molecule has 0 unspecified atom stereocenters. The van der Waals surface area contributed by atoms with Gasteiger partial charge < -0.3 is 10.2 Å². The first kappa shape index (κ1) is 16.7. The van der Waals surface area contributed by atoms with Gasteiger partial charge in [0.15, 0.2) is 0 Å². The smallest absolute Gasteiger partial charge is 0.303 e. The van der Waals surface area contributed by atoms with E-state index < -0.39 is 11.9 Å².